The van der Waals surface area contributed by atoms with E-state index < -0.39 is 11.8 Å². The number of pyridine rings is 1. The number of hydrogen-bond acceptors (Lipinski definition) is 6. The van der Waals surface area contributed by atoms with Gasteiger partial charge in [-0.05, 0) is 36.4 Å². The Labute approximate surface area is 167 Å². The predicted octanol–water partition coefficient (Wildman–Crippen LogP) is 4.08. The Balaban J connectivity index is 2.31. The van der Waals surface area contributed by atoms with Crippen molar-refractivity contribution in [3.63, 3.8) is 0 Å². The van der Waals surface area contributed by atoms with Crippen molar-refractivity contribution in [2.24, 2.45) is 5.10 Å². The minimum Gasteiger partial charge on any atom is -0.331 e. The maximum Gasteiger partial charge on any atom is 0.356 e. The molecule has 2 heterocycles. The molecule has 12 heteroatoms. The van der Waals surface area contributed by atoms with Gasteiger partial charge >= 0.3 is 6.72 Å². The lowest BCUT2D eigenvalue weighted by molar-refractivity contribution is -0.486. The standard InChI is InChI=1S/C15H23ClN5O4PS/c1-4-12(3)27-26(24,25-5-2)20-9-8-19(15(20)18-21(22)23)11-13-6-7-14(16)17-10-13/h6-7,10,12H,4-5,8-9,11H2,1-3H3. The highest BCUT2D eigenvalue weighted by Crippen LogP contribution is 2.65. The van der Waals surface area contributed by atoms with Gasteiger partial charge in [-0.15, -0.1) is 0 Å². The van der Waals surface area contributed by atoms with Crippen LogP contribution in [0, 0.1) is 10.1 Å². The number of nitrogens with zero attached hydrogens (tertiary/aromatic N) is 5. The largest absolute Gasteiger partial charge is 0.356 e. The first-order valence-electron chi connectivity index (χ1n) is 8.58. The molecule has 0 N–H and O–H groups in total. The molecule has 0 spiro atoms. The first-order chi connectivity index (χ1) is 12.8. The molecule has 27 heavy (non-hydrogen) atoms. The van der Waals surface area contributed by atoms with Crippen LogP contribution < -0.4 is 0 Å². The Bertz CT molecular complexity index is 735. The summed E-state index contributed by atoms with van der Waals surface area (Å²) >= 11 is 7.01. The third-order valence-electron chi connectivity index (χ3n) is 3.90. The molecule has 1 aliphatic heterocycles. The SMILES string of the molecule is CCOP(=O)(SC(C)CC)N1CCN(Cc2ccc(Cl)nc2)C1=N[N+](=O)[O-]. The molecule has 9 nitrogen and oxygen atoms in total. The molecule has 2 atom stereocenters. The molecule has 1 fully saturated rings. The van der Waals surface area contributed by atoms with Gasteiger partial charge in [0.15, 0.2) is 5.03 Å². The highest BCUT2D eigenvalue weighted by atomic mass is 35.5. The van der Waals surface area contributed by atoms with Crippen molar-refractivity contribution in [2.45, 2.75) is 39.0 Å². The highest BCUT2D eigenvalue weighted by Gasteiger charge is 2.44. The van der Waals surface area contributed by atoms with E-state index in [1.165, 1.54) is 16.1 Å². The molecular formula is C15H23ClN5O4PS. The molecule has 0 aliphatic carbocycles. The monoisotopic (exact) mass is 435 g/mol. The zero-order valence-corrected chi connectivity index (χ0v) is 17.9. The second-order valence-corrected chi connectivity index (χ2v) is 11.0. The summed E-state index contributed by atoms with van der Waals surface area (Å²) < 4.78 is 20.6. The van der Waals surface area contributed by atoms with Crippen LogP contribution in [0.3, 0.4) is 0 Å². The number of hydrogen-bond donors (Lipinski definition) is 0. The second-order valence-electron chi connectivity index (χ2n) is 5.88. The topological polar surface area (TPSA) is 101 Å². The van der Waals surface area contributed by atoms with E-state index in [0.717, 1.165) is 12.0 Å². The van der Waals surface area contributed by atoms with Crippen molar-refractivity contribution < 1.29 is 14.1 Å². The zero-order valence-electron chi connectivity index (χ0n) is 15.4. The summed E-state index contributed by atoms with van der Waals surface area (Å²) in [6, 6.07) is 3.44. The van der Waals surface area contributed by atoms with Crippen LogP contribution in [0.1, 0.15) is 32.8 Å². The van der Waals surface area contributed by atoms with Crippen LogP contribution in [0.2, 0.25) is 5.15 Å². The van der Waals surface area contributed by atoms with E-state index in [0.29, 0.717) is 24.8 Å². The van der Waals surface area contributed by atoms with Gasteiger partial charge in [-0.25, -0.2) is 15.1 Å². The lowest BCUT2D eigenvalue weighted by Crippen LogP contribution is -2.32. The Kier molecular flexibility index (Phi) is 7.91. The van der Waals surface area contributed by atoms with E-state index in [-0.39, 0.29) is 17.8 Å². The maximum atomic E-state index is 13.5. The minimum atomic E-state index is -3.37. The van der Waals surface area contributed by atoms with Crippen LogP contribution in [0.15, 0.2) is 23.4 Å². The van der Waals surface area contributed by atoms with Crippen molar-refractivity contribution in [1.82, 2.24) is 14.6 Å². The van der Waals surface area contributed by atoms with Crippen molar-refractivity contribution in [1.29, 1.82) is 0 Å². The first kappa shape index (κ1) is 21.9. The summed E-state index contributed by atoms with van der Waals surface area (Å²) in [5.74, 6) is 0.0440. The van der Waals surface area contributed by atoms with E-state index in [4.69, 9.17) is 16.1 Å². The van der Waals surface area contributed by atoms with Gasteiger partial charge in [-0.2, -0.15) is 0 Å². The molecule has 0 saturated carbocycles. The maximum absolute atomic E-state index is 13.5. The minimum absolute atomic E-state index is 0.0440. The summed E-state index contributed by atoms with van der Waals surface area (Å²) in [5.41, 5.74) is 0.818. The van der Waals surface area contributed by atoms with Gasteiger partial charge in [0.25, 0.3) is 5.96 Å². The van der Waals surface area contributed by atoms with Gasteiger partial charge in [-0.3, -0.25) is 9.24 Å². The second kappa shape index (κ2) is 9.73. The van der Waals surface area contributed by atoms with Gasteiger partial charge < -0.3 is 9.42 Å². The van der Waals surface area contributed by atoms with E-state index in [1.807, 2.05) is 13.8 Å². The Morgan fingerprint density at radius 3 is 2.78 bits per heavy atom. The van der Waals surface area contributed by atoms with Crippen LogP contribution in [-0.2, 0) is 15.6 Å². The quantitative estimate of drug-likeness (QED) is 0.247. The number of guanidine groups is 1. The molecule has 1 aromatic rings. The molecule has 0 radical (unpaired) electrons. The van der Waals surface area contributed by atoms with Gasteiger partial charge in [0, 0.05) is 31.1 Å². The number of nitro groups is 1. The van der Waals surface area contributed by atoms with Gasteiger partial charge in [0.1, 0.15) is 10.3 Å². The average molecular weight is 436 g/mol. The molecule has 1 aromatic heterocycles. The first-order valence-corrected chi connectivity index (χ1v) is 12.0. The Morgan fingerprint density at radius 1 is 1.48 bits per heavy atom. The van der Waals surface area contributed by atoms with Crippen LogP contribution in [0.5, 0.6) is 0 Å². The lowest BCUT2D eigenvalue weighted by Gasteiger charge is -2.29. The fraction of sp³-hybridized carbons (Fsp3) is 0.600. The van der Waals surface area contributed by atoms with Gasteiger partial charge in [-0.1, -0.05) is 31.5 Å². The molecule has 2 rings (SSSR count). The molecule has 150 valence electrons. The van der Waals surface area contributed by atoms with Crippen molar-refractivity contribution in [3.05, 3.63) is 39.2 Å². The molecular weight excluding hydrogens is 413 g/mol. The smallest absolute Gasteiger partial charge is 0.331 e. The Morgan fingerprint density at radius 2 is 2.22 bits per heavy atom. The van der Waals surface area contributed by atoms with Crippen LogP contribution >= 0.6 is 29.7 Å². The number of halogens is 1. The van der Waals surface area contributed by atoms with E-state index in [2.05, 4.69) is 10.1 Å². The van der Waals surface area contributed by atoms with Crippen molar-refractivity contribution in [2.75, 3.05) is 19.7 Å². The Hall–Kier alpha value is -1.35. The summed E-state index contributed by atoms with van der Waals surface area (Å²) in [4.78, 5) is 16.8. The van der Waals surface area contributed by atoms with E-state index in [1.54, 1.807) is 30.2 Å². The van der Waals surface area contributed by atoms with Crippen LogP contribution in [-0.4, -0.2) is 50.5 Å². The number of aromatic nitrogens is 1. The average Bonchev–Trinajstić information content (AvgIpc) is 2.99. The molecule has 2 unspecified atom stereocenters. The molecule has 1 saturated heterocycles. The summed E-state index contributed by atoms with van der Waals surface area (Å²) in [6.45, 7) is 3.67. The summed E-state index contributed by atoms with van der Waals surface area (Å²) in [5, 5.41) is 14.3. The number of rotatable bonds is 9. The van der Waals surface area contributed by atoms with E-state index in [9.17, 15) is 14.7 Å². The summed E-state index contributed by atoms with van der Waals surface area (Å²) in [6.07, 6.45) is 2.41. The highest BCUT2D eigenvalue weighted by molar-refractivity contribution is 8.56. The fourth-order valence-corrected chi connectivity index (χ4v) is 7.68. The van der Waals surface area contributed by atoms with Crippen LogP contribution in [0.4, 0.5) is 0 Å². The fourth-order valence-electron chi connectivity index (χ4n) is 2.49. The van der Waals surface area contributed by atoms with Crippen molar-refractivity contribution in [3.8, 4) is 0 Å². The molecule has 0 amide bonds. The predicted molar refractivity (Wildman–Crippen MR) is 107 cm³/mol. The molecule has 0 bridgehead atoms. The number of hydrazone groups is 1. The zero-order chi connectivity index (χ0) is 20.0. The summed E-state index contributed by atoms with van der Waals surface area (Å²) in [7, 11) is 0. The third kappa shape index (κ3) is 5.81. The van der Waals surface area contributed by atoms with E-state index >= 15 is 0 Å². The van der Waals surface area contributed by atoms with Gasteiger partial charge in [0.05, 0.1) is 6.61 Å². The molecule has 0 aromatic carbocycles. The van der Waals surface area contributed by atoms with Gasteiger partial charge in [0.2, 0.25) is 0 Å². The third-order valence-corrected chi connectivity index (χ3v) is 9.43. The van der Waals surface area contributed by atoms with Crippen molar-refractivity contribution >= 4 is 35.7 Å². The normalized spacial score (nSPS) is 19.3. The molecule has 1 aliphatic rings. The lowest BCUT2D eigenvalue weighted by atomic mass is 10.3. The van der Waals surface area contributed by atoms with Crippen LogP contribution in [0.25, 0.3) is 0 Å².